The van der Waals surface area contributed by atoms with Gasteiger partial charge >= 0.3 is 16.2 Å². The molecule has 126 valence electrons. The quantitative estimate of drug-likeness (QED) is 0.793. The third kappa shape index (κ3) is 3.18. The summed E-state index contributed by atoms with van der Waals surface area (Å²) in [6.07, 6.45) is 2.85. The molecule has 1 aromatic rings. The summed E-state index contributed by atoms with van der Waals surface area (Å²) in [5.41, 5.74) is -0.945. The summed E-state index contributed by atoms with van der Waals surface area (Å²) in [5, 5.41) is 9.22. The van der Waals surface area contributed by atoms with Gasteiger partial charge in [-0.1, -0.05) is 6.07 Å². The van der Waals surface area contributed by atoms with Crippen LogP contribution in [0.25, 0.3) is 0 Å². The summed E-state index contributed by atoms with van der Waals surface area (Å²) in [5.74, 6) is -1.34. The molecular weight excluding hydrogens is 323 g/mol. The fourth-order valence-corrected chi connectivity index (χ4v) is 3.67. The number of anilines is 1. The molecule has 23 heavy (non-hydrogen) atoms. The molecule has 6 nitrogen and oxygen atoms in total. The van der Waals surface area contributed by atoms with Crippen LogP contribution in [0.2, 0.25) is 0 Å². The molecule has 2 aliphatic rings. The van der Waals surface area contributed by atoms with E-state index in [0.717, 1.165) is 18.9 Å². The van der Waals surface area contributed by atoms with Crippen LogP contribution < -0.4 is 4.72 Å². The molecule has 0 bridgehead atoms. The summed E-state index contributed by atoms with van der Waals surface area (Å²) >= 11 is 0. The molecule has 8 heteroatoms. The fraction of sp³-hybridized carbons (Fsp3) is 0.533. The Hall–Kier alpha value is -1.67. The van der Waals surface area contributed by atoms with Crippen molar-refractivity contribution in [1.82, 2.24) is 4.31 Å². The highest BCUT2D eigenvalue weighted by Crippen LogP contribution is 2.49. The SMILES string of the molecule is CN(CC1CC1)S(=O)(=O)Nc1ccc(C2(C(=O)O)CC2)c(F)c1. The van der Waals surface area contributed by atoms with Crippen LogP contribution in [0.5, 0.6) is 0 Å². The van der Waals surface area contributed by atoms with Crippen molar-refractivity contribution in [2.24, 2.45) is 5.92 Å². The lowest BCUT2D eigenvalue weighted by atomic mass is 9.95. The van der Waals surface area contributed by atoms with Gasteiger partial charge in [-0.05, 0) is 43.7 Å². The maximum atomic E-state index is 14.2. The van der Waals surface area contributed by atoms with Gasteiger partial charge in [-0.15, -0.1) is 0 Å². The van der Waals surface area contributed by atoms with Gasteiger partial charge in [-0.3, -0.25) is 9.52 Å². The number of rotatable bonds is 7. The van der Waals surface area contributed by atoms with E-state index in [-0.39, 0.29) is 11.3 Å². The molecule has 2 fully saturated rings. The van der Waals surface area contributed by atoms with Crippen molar-refractivity contribution < 1.29 is 22.7 Å². The number of nitrogens with zero attached hydrogens (tertiary/aromatic N) is 1. The second kappa shape index (κ2) is 5.45. The highest BCUT2D eigenvalue weighted by Gasteiger charge is 2.53. The molecule has 0 spiro atoms. The van der Waals surface area contributed by atoms with Gasteiger partial charge in [0.15, 0.2) is 0 Å². The van der Waals surface area contributed by atoms with Crippen LogP contribution in [-0.2, 0) is 20.4 Å². The lowest BCUT2D eigenvalue weighted by molar-refractivity contribution is -0.140. The zero-order valence-electron chi connectivity index (χ0n) is 12.8. The molecule has 0 aliphatic heterocycles. The smallest absolute Gasteiger partial charge is 0.314 e. The molecule has 1 aromatic carbocycles. The molecule has 0 saturated heterocycles. The van der Waals surface area contributed by atoms with Gasteiger partial charge in [-0.2, -0.15) is 12.7 Å². The number of hydrogen-bond donors (Lipinski definition) is 2. The molecule has 2 N–H and O–H groups in total. The molecule has 0 radical (unpaired) electrons. The zero-order chi connectivity index (χ0) is 16.8. The van der Waals surface area contributed by atoms with E-state index in [2.05, 4.69) is 4.72 Å². The van der Waals surface area contributed by atoms with Gasteiger partial charge in [0.2, 0.25) is 0 Å². The third-order valence-corrected chi connectivity index (χ3v) is 5.98. The number of nitrogens with one attached hydrogen (secondary N) is 1. The summed E-state index contributed by atoms with van der Waals surface area (Å²) < 4.78 is 42.1. The van der Waals surface area contributed by atoms with Crippen LogP contribution in [0.3, 0.4) is 0 Å². The van der Waals surface area contributed by atoms with Crippen LogP contribution in [0, 0.1) is 11.7 Å². The monoisotopic (exact) mass is 342 g/mol. The Morgan fingerprint density at radius 3 is 2.57 bits per heavy atom. The largest absolute Gasteiger partial charge is 0.481 e. The van der Waals surface area contributed by atoms with Gasteiger partial charge in [0, 0.05) is 19.2 Å². The highest BCUT2D eigenvalue weighted by atomic mass is 32.2. The van der Waals surface area contributed by atoms with Crippen LogP contribution in [0.15, 0.2) is 18.2 Å². The molecule has 2 aliphatic carbocycles. The Bertz CT molecular complexity index is 742. The molecule has 0 atom stereocenters. The van der Waals surface area contributed by atoms with E-state index in [4.69, 9.17) is 0 Å². The van der Waals surface area contributed by atoms with Gasteiger partial charge in [0.1, 0.15) is 5.82 Å². The van der Waals surface area contributed by atoms with Crippen molar-refractivity contribution in [3.05, 3.63) is 29.6 Å². The number of benzene rings is 1. The Morgan fingerprint density at radius 1 is 1.43 bits per heavy atom. The molecule has 0 amide bonds. The van der Waals surface area contributed by atoms with Crippen LogP contribution >= 0.6 is 0 Å². The highest BCUT2D eigenvalue weighted by molar-refractivity contribution is 7.90. The van der Waals surface area contributed by atoms with Crippen molar-refractivity contribution in [1.29, 1.82) is 0 Å². The Labute approximate surface area is 134 Å². The molecule has 2 saturated carbocycles. The first-order valence-electron chi connectivity index (χ1n) is 7.52. The average molecular weight is 342 g/mol. The minimum absolute atomic E-state index is 0.0927. The van der Waals surface area contributed by atoms with E-state index in [1.54, 1.807) is 0 Å². The summed E-state index contributed by atoms with van der Waals surface area (Å²) in [4.78, 5) is 11.3. The minimum Gasteiger partial charge on any atom is -0.481 e. The van der Waals surface area contributed by atoms with Gasteiger partial charge in [0.25, 0.3) is 0 Å². The molecular formula is C15H19FN2O4S. The van der Waals surface area contributed by atoms with Crippen molar-refractivity contribution in [2.75, 3.05) is 18.3 Å². The van der Waals surface area contributed by atoms with Gasteiger partial charge in [-0.25, -0.2) is 4.39 Å². The summed E-state index contributed by atoms with van der Waals surface area (Å²) in [6.45, 7) is 0.442. The Kier molecular flexibility index (Phi) is 3.84. The second-order valence-corrected chi connectivity index (χ2v) is 8.19. The van der Waals surface area contributed by atoms with E-state index in [1.165, 1.54) is 23.5 Å². The molecule has 0 aromatic heterocycles. The standard InChI is InChI=1S/C15H19FN2O4S/c1-18(9-10-2-3-10)23(21,22)17-11-4-5-12(13(16)8-11)15(6-7-15)14(19)20/h4-5,8,10,17H,2-3,6-7,9H2,1H3,(H,19,20). The predicted octanol–water partition coefficient (Wildman–Crippen LogP) is 1.94. The number of carboxylic acid groups (broad SMARTS) is 1. The van der Waals surface area contributed by atoms with E-state index in [9.17, 15) is 22.7 Å². The van der Waals surface area contributed by atoms with E-state index in [1.807, 2.05) is 0 Å². The van der Waals surface area contributed by atoms with Crippen LogP contribution in [-0.4, -0.2) is 37.4 Å². The Morgan fingerprint density at radius 2 is 2.09 bits per heavy atom. The topological polar surface area (TPSA) is 86.7 Å². The zero-order valence-corrected chi connectivity index (χ0v) is 13.6. The number of halogens is 1. The first kappa shape index (κ1) is 16.2. The second-order valence-electron chi connectivity index (χ2n) is 6.41. The molecule has 0 unspecified atom stereocenters. The lowest BCUT2D eigenvalue weighted by Gasteiger charge is -2.19. The van der Waals surface area contributed by atoms with Crippen LogP contribution in [0.1, 0.15) is 31.2 Å². The van der Waals surface area contributed by atoms with Crippen LogP contribution in [0.4, 0.5) is 10.1 Å². The number of aliphatic carboxylic acids is 1. The first-order valence-corrected chi connectivity index (χ1v) is 8.96. The van der Waals surface area contributed by atoms with E-state index >= 15 is 0 Å². The van der Waals surface area contributed by atoms with Crippen molar-refractivity contribution in [2.45, 2.75) is 31.1 Å². The lowest BCUT2D eigenvalue weighted by Crippen LogP contribution is -2.34. The summed E-state index contributed by atoms with van der Waals surface area (Å²) in [6, 6.07) is 3.81. The van der Waals surface area contributed by atoms with Gasteiger partial charge < -0.3 is 5.11 Å². The predicted molar refractivity (Wildman–Crippen MR) is 82.8 cm³/mol. The normalized spacial score (nSPS) is 19.6. The van der Waals surface area contributed by atoms with Crippen molar-refractivity contribution >= 4 is 21.9 Å². The maximum Gasteiger partial charge on any atom is 0.314 e. The Balaban J connectivity index is 1.76. The molecule has 3 rings (SSSR count). The van der Waals surface area contributed by atoms with Crippen molar-refractivity contribution in [3.63, 3.8) is 0 Å². The fourth-order valence-electron chi connectivity index (χ4n) is 2.68. The number of carbonyl (C=O) groups is 1. The maximum absolute atomic E-state index is 14.2. The third-order valence-electron chi connectivity index (χ3n) is 4.51. The van der Waals surface area contributed by atoms with Crippen molar-refractivity contribution in [3.8, 4) is 0 Å². The van der Waals surface area contributed by atoms with Gasteiger partial charge in [0.05, 0.1) is 11.1 Å². The number of hydrogen-bond acceptors (Lipinski definition) is 3. The first-order chi connectivity index (χ1) is 10.7. The average Bonchev–Trinajstić information content (AvgIpc) is 3.32. The van der Waals surface area contributed by atoms with E-state index < -0.39 is 27.4 Å². The minimum atomic E-state index is -3.73. The molecule has 0 heterocycles. The number of carboxylic acids is 1. The summed E-state index contributed by atoms with van der Waals surface area (Å²) in [7, 11) is -2.25. The van der Waals surface area contributed by atoms with E-state index in [0.29, 0.717) is 25.3 Å².